The highest BCUT2D eigenvalue weighted by Crippen LogP contribution is 1.85. The molecule has 0 radical (unpaired) electrons. The van der Waals surface area contributed by atoms with Crippen molar-refractivity contribution in [3.8, 4) is 0 Å². The molecule has 1 fully saturated rings. The standard InChI is InChI=1S/C4H8O2.2H2O4S/c1-2-6-4-3-5-1;2*1-5(2,3)4/h1-4H2;2*(H2,1,2,3,4). The van der Waals surface area contributed by atoms with E-state index in [1.807, 2.05) is 0 Å². The van der Waals surface area contributed by atoms with Crippen LogP contribution in [0, 0.1) is 0 Å². The van der Waals surface area contributed by atoms with Crippen LogP contribution in [0.25, 0.3) is 0 Å². The lowest BCUT2D eigenvalue weighted by Crippen LogP contribution is -2.16. The van der Waals surface area contributed by atoms with Gasteiger partial charge in [-0.25, -0.2) is 0 Å². The zero-order valence-electron chi connectivity index (χ0n) is 7.88. The molecule has 0 aromatic carbocycles. The Labute approximate surface area is 92.3 Å². The SMILES string of the molecule is C1COCCO1.O=S(=O)(O)O.O=S(=O)(O)O. The van der Waals surface area contributed by atoms with Gasteiger partial charge in [0, 0.05) is 0 Å². The van der Waals surface area contributed by atoms with Gasteiger partial charge in [-0.2, -0.15) is 16.8 Å². The molecule has 0 bridgehead atoms. The van der Waals surface area contributed by atoms with Crippen molar-refractivity contribution in [1.29, 1.82) is 0 Å². The van der Waals surface area contributed by atoms with Crippen LogP contribution in [0.3, 0.4) is 0 Å². The quantitative estimate of drug-likeness (QED) is 0.393. The molecule has 10 nitrogen and oxygen atoms in total. The molecule has 100 valence electrons. The van der Waals surface area contributed by atoms with Gasteiger partial charge < -0.3 is 9.47 Å². The lowest BCUT2D eigenvalue weighted by Gasteiger charge is -2.09. The zero-order chi connectivity index (χ0) is 13.2. The second-order valence-electron chi connectivity index (χ2n) is 2.12. The van der Waals surface area contributed by atoms with Crippen LogP contribution in [0.1, 0.15) is 0 Å². The van der Waals surface area contributed by atoms with Crippen molar-refractivity contribution in [2.24, 2.45) is 0 Å². The first-order chi connectivity index (χ1) is 7.00. The van der Waals surface area contributed by atoms with Crippen LogP contribution in [-0.2, 0) is 30.3 Å². The van der Waals surface area contributed by atoms with Gasteiger partial charge >= 0.3 is 20.8 Å². The van der Waals surface area contributed by atoms with E-state index in [4.69, 9.17) is 44.5 Å². The second-order valence-corrected chi connectivity index (χ2v) is 3.91. The third-order valence-corrected chi connectivity index (χ3v) is 0.744. The highest BCUT2D eigenvalue weighted by Gasteiger charge is 1.94. The molecule has 1 saturated heterocycles. The molecule has 0 amide bonds. The van der Waals surface area contributed by atoms with Crippen molar-refractivity contribution in [3.63, 3.8) is 0 Å². The molecular weight excluding hydrogens is 272 g/mol. The lowest BCUT2D eigenvalue weighted by molar-refractivity contribution is -0.0334. The summed E-state index contributed by atoms with van der Waals surface area (Å²) in [7, 11) is -9.33. The van der Waals surface area contributed by atoms with E-state index in [0.29, 0.717) is 0 Å². The third kappa shape index (κ3) is 68.3. The molecule has 1 heterocycles. The van der Waals surface area contributed by atoms with Gasteiger partial charge in [-0.3, -0.25) is 18.2 Å². The van der Waals surface area contributed by atoms with E-state index in [9.17, 15) is 0 Å². The Morgan fingerprint density at radius 3 is 0.812 bits per heavy atom. The maximum absolute atomic E-state index is 8.74. The average molecular weight is 284 g/mol. The molecule has 1 aliphatic rings. The Morgan fingerprint density at radius 1 is 0.625 bits per heavy atom. The first kappa shape index (κ1) is 18.0. The molecule has 0 saturated carbocycles. The number of ether oxygens (including phenoxy) is 2. The first-order valence-corrected chi connectivity index (χ1v) is 6.35. The fourth-order valence-corrected chi connectivity index (χ4v) is 0.440. The molecule has 1 rings (SSSR count). The molecule has 12 heteroatoms. The summed E-state index contributed by atoms with van der Waals surface area (Å²) < 4.78 is 73.1. The molecule has 0 unspecified atom stereocenters. The predicted molar refractivity (Wildman–Crippen MR) is 50.0 cm³/mol. The summed E-state index contributed by atoms with van der Waals surface area (Å²) in [6.07, 6.45) is 0. The van der Waals surface area contributed by atoms with E-state index in [2.05, 4.69) is 0 Å². The van der Waals surface area contributed by atoms with Crippen LogP contribution < -0.4 is 0 Å². The van der Waals surface area contributed by atoms with Gasteiger partial charge in [0.2, 0.25) is 0 Å². The fourth-order valence-electron chi connectivity index (χ4n) is 0.440. The van der Waals surface area contributed by atoms with E-state index >= 15 is 0 Å². The Morgan fingerprint density at radius 2 is 0.750 bits per heavy atom. The van der Waals surface area contributed by atoms with E-state index < -0.39 is 20.8 Å². The monoisotopic (exact) mass is 284 g/mol. The Bertz CT molecular complexity index is 280. The molecule has 0 spiro atoms. The van der Waals surface area contributed by atoms with Crippen molar-refractivity contribution < 1.29 is 44.5 Å². The Hall–Kier alpha value is -0.340. The van der Waals surface area contributed by atoms with Gasteiger partial charge in [0.05, 0.1) is 26.4 Å². The lowest BCUT2D eigenvalue weighted by atomic mass is 10.6. The summed E-state index contributed by atoms with van der Waals surface area (Å²) in [6.45, 7) is 3.11. The van der Waals surface area contributed by atoms with E-state index in [0.717, 1.165) is 26.4 Å². The highest BCUT2D eigenvalue weighted by molar-refractivity contribution is 7.80. The highest BCUT2D eigenvalue weighted by atomic mass is 32.3. The predicted octanol–water partition coefficient (Wildman–Crippen LogP) is -1.27. The Kier molecular flexibility index (Phi) is 9.89. The van der Waals surface area contributed by atoms with Crippen molar-refractivity contribution in [1.82, 2.24) is 0 Å². The third-order valence-electron chi connectivity index (χ3n) is 0.744. The Balaban J connectivity index is 0. The van der Waals surface area contributed by atoms with Crippen LogP contribution in [-0.4, -0.2) is 61.5 Å². The number of hydrogen-bond donors (Lipinski definition) is 4. The van der Waals surface area contributed by atoms with Crippen molar-refractivity contribution in [3.05, 3.63) is 0 Å². The van der Waals surface area contributed by atoms with Crippen LogP contribution in [0.5, 0.6) is 0 Å². The van der Waals surface area contributed by atoms with E-state index in [-0.39, 0.29) is 0 Å². The minimum atomic E-state index is -4.67. The summed E-state index contributed by atoms with van der Waals surface area (Å²) in [5.41, 5.74) is 0. The first-order valence-electron chi connectivity index (χ1n) is 3.55. The summed E-state index contributed by atoms with van der Waals surface area (Å²) in [4.78, 5) is 0. The summed E-state index contributed by atoms with van der Waals surface area (Å²) in [5, 5.41) is 0. The van der Waals surface area contributed by atoms with Crippen LogP contribution in [0.2, 0.25) is 0 Å². The zero-order valence-corrected chi connectivity index (χ0v) is 9.52. The molecule has 1 aliphatic heterocycles. The van der Waals surface area contributed by atoms with Crippen molar-refractivity contribution in [2.45, 2.75) is 0 Å². The van der Waals surface area contributed by atoms with E-state index in [1.54, 1.807) is 0 Å². The van der Waals surface area contributed by atoms with Gasteiger partial charge in [0.25, 0.3) is 0 Å². The summed E-state index contributed by atoms with van der Waals surface area (Å²) in [6, 6.07) is 0. The summed E-state index contributed by atoms with van der Waals surface area (Å²) in [5.74, 6) is 0. The molecule has 4 N–H and O–H groups in total. The molecule has 0 aromatic rings. The summed E-state index contributed by atoms with van der Waals surface area (Å²) >= 11 is 0. The fraction of sp³-hybridized carbons (Fsp3) is 1.00. The van der Waals surface area contributed by atoms with Gasteiger partial charge in [-0.1, -0.05) is 0 Å². The smallest absolute Gasteiger partial charge is 0.377 e. The molecule has 0 aliphatic carbocycles. The van der Waals surface area contributed by atoms with Crippen molar-refractivity contribution >= 4 is 20.8 Å². The van der Waals surface area contributed by atoms with Gasteiger partial charge in [-0.15, -0.1) is 0 Å². The molecule has 0 atom stereocenters. The minimum absolute atomic E-state index is 0.778. The van der Waals surface area contributed by atoms with Crippen LogP contribution in [0.4, 0.5) is 0 Å². The molecular formula is C4H12O10S2. The van der Waals surface area contributed by atoms with Crippen LogP contribution in [0.15, 0.2) is 0 Å². The minimum Gasteiger partial charge on any atom is -0.377 e. The number of rotatable bonds is 0. The van der Waals surface area contributed by atoms with E-state index in [1.165, 1.54) is 0 Å². The molecule has 16 heavy (non-hydrogen) atoms. The topological polar surface area (TPSA) is 168 Å². The van der Waals surface area contributed by atoms with Gasteiger partial charge in [0.1, 0.15) is 0 Å². The van der Waals surface area contributed by atoms with Gasteiger partial charge in [0.15, 0.2) is 0 Å². The maximum Gasteiger partial charge on any atom is 0.394 e. The number of hydrogen-bond acceptors (Lipinski definition) is 6. The van der Waals surface area contributed by atoms with Crippen molar-refractivity contribution in [2.75, 3.05) is 26.4 Å². The normalized spacial score (nSPS) is 16.2. The van der Waals surface area contributed by atoms with Gasteiger partial charge in [-0.05, 0) is 0 Å². The second kappa shape index (κ2) is 8.77. The average Bonchev–Trinajstić information content (AvgIpc) is 2.01. The molecule has 0 aromatic heterocycles. The largest absolute Gasteiger partial charge is 0.394 e. The van der Waals surface area contributed by atoms with Crippen LogP contribution >= 0.6 is 0 Å². The maximum atomic E-state index is 8.74.